The average molecular weight is 295 g/mol. The van der Waals surface area contributed by atoms with Gasteiger partial charge in [0.1, 0.15) is 5.75 Å². The lowest BCUT2D eigenvalue weighted by molar-refractivity contribution is -0.122. The molecule has 0 aliphatic rings. The zero-order chi connectivity index (χ0) is 15.7. The summed E-state index contributed by atoms with van der Waals surface area (Å²) in [6, 6.07) is 5.55. The number of methoxy groups -OCH3 is 1. The molecule has 1 aromatic rings. The van der Waals surface area contributed by atoms with Crippen LogP contribution in [0.15, 0.2) is 18.2 Å². The van der Waals surface area contributed by atoms with Crippen LogP contribution < -0.4 is 15.8 Å². The van der Waals surface area contributed by atoms with E-state index < -0.39 is 0 Å². The Morgan fingerprint density at radius 2 is 2.19 bits per heavy atom. The summed E-state index contributed by atoms with van der Waals surface area (Å²) in [4.78, 5) is 13.6. The number of nitrogens with zero attached hydrogens (tertiary/aromatic N) is 1. The van der Waals surface area contributed by atoms with E-state index in [0.29, 0.717) is 38.5 Å². The zero-order valence-corrected chi connectivity index (χ0v) is 13.0. The van der Waals surface area contributed by atoms with Gasteiger partial charge in [-0.3, -0.25) is 9.69 Å². The van der Waals surface area contributed by atoms with Crippen molar-refractivity contribution >= 4 is 11.6 Å². The zero-order valence-electron chi connectivity index (χ0n) is 13.0. The van der Waals surface area contributed by atoms with E-state index in [2.05, 4.69) is 5.32 Å². The second-order valence-corrected chi connectivity index (χ2v) is 4.82. The van der Waals surface area contributed by atoms with Crippen LogP contribution in [0.3, 0.4) is 0 Å². The topological polar surface area (TPSA) is 76.8 Å². The largest absolute Gasteiger partial charge is 0.494 e. The number of anilines is 1. The van der Waals surface area contributed by atoms with Gasteiger partial charge in [-0.05, 0) is 32.2 Å². The lowest BCUT2D eigenvalue weighted by atomic mass is 10.1. The molecule has 0 aliphatic heterocycles. The lowest BCUT2D eigenvalue weighted by Gasteiger charge is -2.19. The highest BCUT2D eigenvalue weighted by molar-refractivity contribution is 5.77. The summed E-state index contributed by atoms with van der Waals surface area (Å²) < 4.78 is 10.5. The first kappa shape index (κ1) is 17.3. The van der Waals surface area contributed by atoms with Crippen LogP contribution in [0.2, 0.25) is 0 Å². The predicted octanol–water partition coefficient (Wildman–Crippen LogP) is 0.862. The molecule has 0 radical (unpaired) electrons. The molecule has 0 heterocycles. The molecule has 6 nitrogen and oxygen atoms in total. The number of nitrogen functional groups attached to an aromatic ring is 1. The molecule has 0 aliphatic carbocycles. The summed E-state index contributed by atoms with van der Waals surface area (Å²) in [6.45, 7) is 4.47. The van der Waals surface area contributed by atoms with E-state index in [1.165, 1.54) is 0 Å². The minimum atomic E-state index is -0.0311. The molecule has 21 heavy (non-hydrogen) atoms. The quantitative estimate of drug-likeness (QED) is 0.522. The number of amides is 1. The van der Waals surface area contributed by atoms with Gasteiger partial charge in [0, 0.05) is 31.5 Å². The van der Waals surface area contributed by atoms with Gasteiger partial charge in [0.05, 0.1) is 19.8 Å². The number of carbonyl (C=O) groups excluding carboxylic acids is 1. The van der Waals surface area contributed by atoms with E-state index >= 15 is 0 Å². The molecule has 1 aromatic carbocycles. The molecular weight excluding hydrogens is 270 g/mol. The second-order valence-electron chi connectivity index (χ2n) is 4.82. The molecule has 0 saturated heterocycles. The average Bonchev–Trinajstić information content (AvgIpc) is 2.42. The third-order valence-electron chi connectivity index (χ3n) is 2.87. The van der Waals surface area contributed by atoms with Gasteiger partial charge in [0.15, 0.2) is 0 Å². The molecule has 1 rings (SSSR count). The lowest BCUT2D eigenvalue weighted by Crippen LogP contribution is -2.36. The summed E-state index contributed by atoms with van der Waals surface area (Å²) in [5.74, 6) is 0.773. The molecule has 0 spiro atoms. The predicted molar refractivity (Wildman–Crippen MR) is 83.2 cm³/mol. The number of hydrogen-bond donors (Lipinski definition) is 2. The summed E-state index contributed by atoms with van der Waals surface area (Å²) in [5.41, 5.74) is 7.48. The normalized spacial score (nSPS) is 10.7. The molecule has 0 unspecified atom stereocenters. The molecule has 6 heteroatoms. The third kappa shape index (κ3) is 6.46. The van der Waals surface area contributed by atoms with Gasteiger partial charge in [0.2, 0.25) is 5.91 Å². The number of benzene rings is 1. The standard InChI is InChI=1S/C15H25N3O3/c1-4-21-14-6-5-13(16)9-12(14)10-18(2)11-15(19)17-7-8-20-3/h5-6,9H,4,7-8,10-11,16H2,1-3H3,(H,17,19). The number of hydrogen-bond acceptors (Lipinski definition) is 5. The Bertz CT molecular complexity index is 452. The van der Waals surface area contributed by atoms with Crippen molar-refractivity contribution in [2.24, 2.45) is 0 Å². The number of carbonyl (C=O) groups is 1. The van der Waals surface area contributed by atoms with Crippen molar-refractivity contribution in [3.8, 4) is 5.75 Å². The van der Waals surface area contributed by atoms with E-state index in [-0.39, 0.29) is 5.91 Å². The fraction of sp³-hybridized carbons (Fsp3) is 0.533. The highest BCUT2D eigenvalue weighted by atomic mass is 16.5. The highest BCUT2D eigenvalue weighted by Gasteiger charge is 2.10. The Morgan fingerprint density at radius 1 is 1.43 bits per heavy atom. The molecular formula is C15H25N3O3. The molecule has 0 saturated carbocycles. The molecule has 0 bridgehead atoms. The summed E-state index contributed by atoms with van der Waals surface area (Å²) in [6.07, 6.45) is 0. The number of rotatable bonds is 9. The Morgan fingerprint density at radius 3 is 2.86 bits per heavy atom. The fourth-order valence-corrected chi connectivity index (χ4v) is 1.96. The highest BCUT2D eigenvalue weighted by Crippen LogP contribution is 2.22. The Kier molecular flexibility index (Phi) is 7.56. The third-order valence-corrected chi connectivity index (χ3v) is 2.87. The van der Waals surface area contributed by atoms with E-state index in [1.54, 1.807) is 7.11 Å². The van der Waals surface area contributed by atoms with E-state index in [1.807, 2.05) is 37.1 Å². The van der Waals surface area contributed by atoms with Crippen LogP contribution in [0.5, 0.6) is 5.75 Å². The van der Waals surface area contributed by atoms with Gasteiger partial charge < -0.3 is 20.5 Å². The van der Waals surface area contributed by atoms with Crippen molar-refractivity contribution in [2.45, 2.75) is 13.5 Å². The number of likely N-dealkylation sites (N-methyl/N-ethyl adjacent to an activating group) is 1. The molecule has 0 fully saturated rings. The van der Waals surface area contributed by atoms with Crippen LogP contribution in [0.4, 0.5) is 5.69 Å². The number of ether oxygens (including phenoxy) is 2. The molecule has 0 atom stereocenters. The maximum Gasteiger partial charge on any atom is 0.234 e. The van der Waals surface area contributed by atoms with Crippen molar-refractivity contribution < 1.29 is 14.3 Å². The minimum absolute atomic E-state index is 0.0311. The fourth-order valence-electron chi connectivity index (χ4n) is 1.96. The SMILES string of the molecule is CCOc1ccc(N)cc1CN(C)CC(=O)NCCOC. The first-order valence-corrected chi connectivity index (χ1v) is 7.02. The van der Waals surface area contributed by atoms with Gasteiger partial charge in [-0.2, -0.15) is 0 Å². The van der Waals surface area contributed by atoms with Crippen LogP contribution in [0, 0.1) is 0 Å². The van der Waals surface area contributed by atoms with Crippen molar-refractivity contribution in [3.63, 3.8) is 0 Å². The summed E-state index contributed by atoms with van der Waals surface area (Å²) in [5, 5.41) is 2.79. The summed E-state index contributed by atoms with van der Waals surface area (Å²) in [7, 11) is 3.49. The maximum atomic E-state index is 11.7. The monoisotopic (exact) mass is 295 g/mol. The van der Waals surface area contributed by atoms with Crippen molar-refractivity contribution in [3.05, 3.63) is 23.8 Å². The molecule has 3 N–H and O–H groups in total. The van der Waals surface area contributed by atoms with Gasteiger partial charge in [-0.15, -0.1) is 0 Å². The van der Waals surface area contributed by atoms with Crippen molar-refractivity contribution in [2.75, 3.05) is 46.2 Å². The van der Waals surface area contributed by atoms with Gasteiger partial charge in [0.25, 0.3) is 0 Å². The molecule has 0 aromatic heterocycles. The van der Waals surface area contributed by atoms with Gasteiger partial charge in [-0.25, -0.2) is 0 Å². The van der Waals surface area contributed by atoms with Crippen LogP contribution in [0.1, 0.15) is 12.5 Å². The van der Waals surface area contributed by atoms with Crippen LogP contribution in [-0.2, 0) is 16.1 Å². The molecule has 118 valence electrons. The maximum absolute atomic E-state index is 11.7. The van der Waals surface area contributed by atoms with Crippen LogP contribution in [-0.4, -0.2) is 51.3 Å². The first-order chi connectivity index (χ1) is 10.1. The van der Waals surface area contributed by atoms with E-state index in [4.69, 9.17) is 15.2 Å². The Hall–Kier alpha value is -1.79. The van der Waals surface area contributed by atoms with Crippen molar-refractivity contribution in [1.29, 1.82) is 0 Å². The van der Waals surface area contributed by atoms with Crippen LogP contribution >= 0.6 is 0 Å². The molecule has 1 amide bonds. The Labute approximate surface area is 126 Å². The summed E-state index contributed by atoms with van der Waals surface area (Å²) >= 11 is 0. The number of nitrogens with one attached hydrogen (secondary N) is 1. The van der Waals surface area contributed by atoms with Crippen LogP contribution in [0.25, 0.3) is 0 Å². The van der Waals surface area contributed by atoms with Crippen molar-refractivity contribution in [1.82, 2.24) is 10.2 Å². The van der Waals surface area contributed by atoms with Gasteiger partial charge >= 0.3 is 0 Å². The Balaban J connectivity index is 2.55. The first-order valence-electron chi connectivity index (χ1n) is 7.02. The smallest absolute Gasteiger partial charge is 0.234 e. The van der Waals surface area contributed by atoms with E-state index in [9.17, 15) is 4.79 Å². The van der Waals surface area contributed by atoms with E-state index in [0.717, 1.165) is 11.3 Å². The number of nitrogens with two attached hydrogens (primary N) is 1. The second kappa shape index (κ2) is 9.20. The minimum Gasteiger partial charge on any atom is -0.494 e. The van der Waals surface area contributed by atoms with Gasteiger partial charge in [-0.1, -0.05) is 0 Å².